The molecular formula is C17H25NO2S2. The highest BCUT2D eigenvalue weighted by atomic mass is 33.1. The SMILES string of the molecule is CCCCCCN(C(=O)Oc1ccccc1)C1CCSSC1. The quantitative estimate of drug-likeness (QED) is 0.503. The van der Waals surface area contributed by atoms with Crippen molar-refractivity contribution in [3.8, 4) is 5.75 Å². The van der Waals surface area contributed by atoms with Crippen LogP contribution in [-0.2, 0) is 0 Å². The zero-order chi connectivity index (χ0) is 15.6. The molecule has 1 heterocycles. The Bertz CT molecular complexity index is 436. The molecule has 1 saturated heterocycles. The van der Waals surface area contributed by atoms with Crippen LogP contribution in [0.15, 0.2) is 30.3 Å². The molecule has 2 rings (SSSR count). The first-order valence-electron chi connectivity index (χ1n) is 8.09. The lowest BCUT2D eigenvalue weighted by Crippen LogP contribution is -2.45. The third-order valence-electron chi connectivity index (χ3n) is 3.75. The Morgan fingerprint density at radius 2 is 2.05 bits per heavy atom. The molecule has 0 aromatic heterocycles. The Balaban J connectivity index is 1.93. The third-order valence-corrected chi connectivity index (χ3v) is 6.25. The van der Waals surface area contributed by atoms with Crippen LogP contribution in [0.1, 0.15) is 39.0 Å². The van der Waals surface area contributed by atoms with Crippen LogP contribution in [0.2, 0.25) is 0 Å². The van der Waals surface area contributed by atoms with Crippen molar-refractivity contribution in [2.24, 2.45) is 0 Å². The first kappa shape index (κ1) is 17.5. The van der Waals surface area contributed by atoms with Crippen LogP contribution in [0.25, 0.3) is 0 Å². The molecule has 0 saturated carbocycles. The van der Waals surface area contributed by atoms with E-state index < -0.39 is 0 Å². The summed E-state index contributed by atoms with van der Waals surface area (Å²) in [7, 11) is 3.77. The largest absolute Gasteiger partial charge is 0.415 e. The predicted molar refractivity (Wildman–Crippen MR) is 96.6 cm³/mol. The Hall–Kier alpha value is -0.810. The average molecular weight is 340 g/mol. The number of hydrogen-bond acceptors (Lipinski definition) is 4. The molecule has 1 aliphatic rings. The Morgan fingerprint density at radius 1 is 1.23 bits per heavy atom. The number of carbonyl (C=O) groups is 1. The summed E-state index contributed by atoms with van der Waals surface area (Å²) in [4.78, 5) is 14.5. The first-order chi connectivity index (χ1) is 10.8. The summed E-state index contributed by atoms with van der Waals surface area (Å²) in [6.45, 7) is 3.01. The van der Waals surface area contributed by atoms with Gasteiger partial charge in [0, 0.05) is 24.1 Å². The molecule has 0 radical (unpaired) electrons. The fourth-order valence-corrected chi connectivity index (χ4v) is 4.97. The smallest absolute Gasteiger partial charge is 0.410 e. The maximum Gasteiger partial charge on any atom is 0.415 e. The summed E-state index contributed by atoms with van der Waals surface area (Å²) in [5.74, 6) is 2.74. The number of rotatable bonds is 7. The fraction of sp³-hybridized carbons (Fsp3) is 0.588. The second kappa shape index (κ2) is 10.1. The van der Waals surface area contributed by atoms with Gasteiger partial charge in [-0.3, -0.25) is 0 Å². The standard InChI is InChI=1S/C17H25NO2S2/c1-2-3-4-8-12-18(15-11-13-21-22-14-15)17(19)20-16-9-6-5-7-10-16/h5-7,9-10,15H,2-4,8,11-14H2,1H3. The highest BCUT2D eigenvalue weighted by molar-refractivity contribution is 8.76. The van der Waals surface area contributed by atoms with E-state index >= 15 is 0 Å². The molecule has 1 aromatic carbocycles. The van der Waals surface area contributed by atoms with Gasteiger partial charge in [-0.1, -0.05) is 66.0 Å². The first-order valence-corrected chi connectivity index (χ1v) is 10.6. The number of para-hydroxylation sites is 1. The summed E-state index contributed by atoms with van der Waals surface area (Å²) in [5, 5.41) is 0. The van der Waals surface area contributed by atoms with Gasteiger partial charge in [0.1, 0.15) is 5.75 Å². The predicted octanol–water partition coefficient (Wildman–Crippen LogP) is 5.22. The van der Waals surface area contributed by atoms with Crippen molar-refractivity contribution in [1.82, 2.24) is 4.90 Å². The van der Waals surface area contributed by atoms with Gasteiger partial charge in [0.2, 0.25) is 0 Å². The zero-order valence-electron chi connectivity index (χ0n) is 13.2. The average Bonchev–Trinajstić information content (AvgIpc) is 2.56. The molecule has 1 unspecified atom stereocenters. The molecule has 5 heteroatoms. The molecule has 1 atom stereocenters. The molecule has 1 fully saturated rings. The van der Waals surface area contributed by atoms with Crippen molar-refractivity contribution >= 4 is 27.7 Å². The number of carbonyl (C=O) groups excluding carboxylic acids is 1. The van der Waals surface area contributed by atoms with Crippen molar-refractivity contribution in [2.75, 3.05) is 18.1 Å². The molecule has 3 nitrogen and oxygen atoms in total. The molecule has 0 aliphatic carbocycles. The van der Waals surface area contributed by atoms with Crippen LogP contribution in [0.3, 0.4) is 0 Å². The summed E-state index contributed by atoms with van der Waals surface area (Å²) < 4.78 is 5.56. The van der Waals surface area contributed by atoms with Gasteiger partial charge in [0.05, 0.1) is 0 Å². The number of unbranched alkanes of at least 4 members (excludes halogenated alkanes) is 3. The Labute approximate surface area is 141 Å². The normalized spacial score (nSPS) is 18.0. The van der Waals surface area contributed by atoms with E-state index in [-0.39, 0.29) is 6.09 Å². The van der Waals surface area contributed by atoms with E-state index in [1.165, 1.54) is 19.3 Å². The second-order valence-corrected chi connectivity index (χ2v) is 8.11. The summed E-state index contributed by atoms with van der Waals surface area (Å²) in [6, 6.07) is 9.68. The van der Waals surface area contributed by atoms with Gasteiger partial charge in [-0.15, -0.1) is 0 Å². The molecule has 0 spiro atoms. The van der Waals surface area contributed by atoms with E-state index in [1.54, 1.807) is 0 Å². The third kappa shape index (κ3) is 5.76. The number of benzene rings is 1. The van der Waals surface area contributed by atoms with Crippen LogP contribution >= 0.6 is 21.6 Å². The molecule has 1 aromatic rings. The minimum atomic E-state index is -0.194. The Kier molecular flexibility index (Phi) is 8.02. The van der Waals surface area contributed by atoms with Gasteiger partial charge < -0.3 is 9.64 Å². The molecule has 1 aliphatic heterocycles. The number of hydrogen-bond donors (Lipinski definition) is 0. The highest BCUT2D eigenvalue weighted by Crippen LogP contribution is 2.32. The zero-order valence-corrected chi connectivity index (χ0v) is 14.8. The fourth-order valence-electron chi connectivity index (χ4n) is 2.48. The van der Waals surface area contributed by atoms with Crippen molar-refractivity contribution in [3.05, 3.63) is 30.3 Å². The van der Waals surface area contributed by atoms with Gasteiger partial charge >= 0.3 is 6.09 Å². The summed E-state index contributed by atoms with van der Waals surface area (Å²) in [5.41, 5.74) is 0. The van der Waals surface area contributed by atoms with Crippen molar-refractivity contribution in [3.63, 3.8) is 0 Å². The lowest BCUT2D eigenvalue weighted by molar-refractivity contribution is 0.133. The minimum Gasteiger partial charge on any atom is -0.410 e. The van der Waals surface area contributed by atoms with E-state index in [2.05, 4.69) is 6.92 Å². The van der Waals surface area contributed by atoms with Crippen LogP contribution in [0.4, 0.5) is 4.79 Å². The maximum absolute atomic E-state index is 12.6. The number of nitrogens with zero attached hydrogens (tertiary/aromatic N) is 1. The van der Waals surface area contributed by atoms with Crippen LogP contribution in [0, 0.1) is 0 Å². The van der Waals surface area contributed by atoms with Gasteiger partial charge in [-0.25, -0.2) is 4.79 Å². The van der Waals surface area contributed by atoms with Gasteiger partial charge in [-0.05, 0) is 25.0 Å². The van der Waals surface area contributed by atoms with Crippen molar-refractivity contribution < 1.29 is 9.53 Å². The molecular weight excluding hydrogens is 314 g/mol. The van der Waals surface area contributed by atoms with Gasteiger partial charge in [0.25, 0.3) is 0 Å². The van der Waals surface area contributed by atoms with Crippen LogP contribution in [0.5, 0.6) is 5.75 Å². The maximum atomic E-state index is 12.6. The molecule has 122 valence electrons. The molecule has 0 N–H and O–H groups in total. The lowest BCUT2D eigenvalue weighted by atomic mass is 10.1. The Morgan fingerprint density at radius 3 is 2.73 bits per heavy atom. The topological polar surface area (TPSA) is 29.5 Å². The number of amides is 1. The summed E-state index contributed by atoms with van der Waals surface area (Å²) >= 11 is 0. The monoisotopic (exact) mass is 339 g/mol. The minimum absolute atomic E-state index is 0.194. The molecule has 1 amide bonds. The van der Waals surface area contributed by atoms with Gasteiger partial charge in [0.15, 0.2) is 0 Å². The van der Waals surface area contributed by atoms with E-state index in [0.717, 1.165) is 30.9 Å². The number of ether oxygens (including phenoxy) is 1. The van der Waals surface area contributed by atoms with Crippen LogP contribution < -0.4 is 4.74 Å². The molecule has 22 heavy (non-hydrogen) atoms. The van der Waals surface area contributed by atoms with Crippen LogP contribution in [-0.4, -0.2) is 35.1 Å². The van der Waals surface area contributed by atoms with E-state index in [9.17, 15) is 4.79 Å². The lowest BCUT2D eigenvalue weighted by Gasteiger charge is -2.32. The van der Waals surface area contributed by atoms with E-state index in [0.29, 0.717) is 11.8 Å². The summed E-state index contributed by atoms with van der Waals surface area (Å²) in [6.07, 6.45) is 5.56. The van der Waals surface area contributed by atoms with Crippen molar-refractivity contribution in [2.45, 2.75) is 45.1 Å². The van der Waals surface area contributed by atoms with E-state index in [4.69, 9.17) is 4.74 Å². The van der Waals surface area contributed by atoms with E-state index in [1.807, 2.05) is 56.8 Å². The second-order valence-electron chi connectivity index (χ2n) is 5.48. The highest BCUT2D eigenvalue weighted by Gasteiger charge is 2.27. The molecule has 0 bridgehead atoms. The van der Waals surface area contributed by atoms with Gasteiger partial charge in [-0.2, -0.15) is 0 Å². The van der Waals surface area contributed by atoms with Crippen molar-refractivity contribution in [1.29, 1.82) is 0 Å².